The largest absolute Gasteiger partial charge is 0.756 e. The summed E-state index contributed by atoms with van der Waals surface area (Å²) in [6.07, 6.45) is 34.4. The average molecular weight is 880 g/mol. The number of phosphoric ester groups is 1. The Morgan fingerprint density at radius 2 is 1.38 bits per heavy atom. The van der Waals surface area contributed by atoms with E-state index >= 15 is 0 Å². The van der Waals surface area contributed by atoms with Gasteiger partial charge in [0.05, 0.1) is 40.0 Å². The van der Waals surface area contributed by atoms with Crippen LogP contribution in [0, 0.1) is 11.8 Å². The van der Waals surface area contributed by atoms with Gasteiger partial charge in [-0.1, -0.05) is 126 Å². The second kappa shape index (κ2) is 34.7. The standard InChI is InChI=1S/C48H82NO11P/c1-6-8-10-11-12-13-14-15-16-17-18-19-20-21-22-23-29-33-48(54)60-42(40-59-61(55,56)58-37-36-49(3,4)5)39-57-47(53)32-28-25-24-27-31-43-44(46(52)38-45(43)51)35-34-41(50)30-26-9-7-2/h12-13,15-16,18-19,21-22,34-35,41-44,46,50,52H,6-11,14,17,20,23-33,36-40H2,1-5H3/b13-12-,16-15-,19-18-,22-21-,35-34+/t41-,42+,43+,44+,46+/m0/s1. The van der Waals surface area contributed by atoms with Crippen LogP contribution in [0.4, 0.5) is 0 Å². The minimum absolute atomic E-state index is 0.0426. The molecule has 0 heterocycles. The lowest BCUT2D eigenvalue weighted by molar-refractivity contribution is -0.870. The van der Waals surface area contributed by atoms with Crippen LogP contribution in [0.2, 0.25) is 0 Å². The van der Waals surface area contributed by atoms with Crippen molar-refractivity contribution in [1.82, 2.24) is 0 Å². The van der Waals surface area contributed by atoms with Crippen molar-refractivity contribution in [2.75, 3.05) is 47.5 Å². The molecule has 0 aromatic carbocycles. The van der Waals surface area contributed by atoms with E-state index in [9.17, 15) is 34.1 Å². The molecule has 0 bridgehead atoms. The molecule has 1 aliphatic carbocycles. The molecule has 13 heteroatoms. The third-order valence-corrected chi connectivity index (χ3v) is 11.4. The highest BCUT2D eigenvalue weighted by atomic mass is 31.2. The molecule has 0 saturated heterocycles. The minimum atomic E-state index is -4.70. The van der Waals surface area contributed by atoms with Crippen molar-refractivity contribution in [3.63, 3.8) is 0 Å². The lowest BCUT2D eigenvalue weighted by atomic mass is 9.88. The zero-order chi connectivity index (χ0) is 45.2. The first-order valence-corrected chi connectivity index (χ1v) is 24.6. The van der Waals surface area contributed by atoms with Crippen molar-refractivity contribution in [2.45, 2.75) is 167 Å². The Morgan fingerprint density at radius 1 is 0.787 bits per heavy atom. The number of phosphoric acid groups is 1. The van der Waals surface area contributed by atoms with Crippen molar-refractivity contribution in [3.05, 3.63) is 60.8 Å². The molecule has 0 radical (unpaired) electrons. The van der Waals surface area contributed by atoms with Gasteiger partial charge in [0.25, 0.3) is 7.82 Å². The van der Waals surface area contributed by atoms with Crippen LogP contribution < -0.4 is 4.89 Å². The molecule has 1 aliphatic rings. The van der Waals surface area contributed by atoms with Crippen LogP contribution in [-0.2, 0) is 37.5 Å². The van der Waals surface area contributed by atoms with Gasteiger partial charge < -0.3 is 38.1 Å². The Labute approximate surface area is 368 Å². The summed E-state index contributed by atoms with van der Waals surface area (Å²) in [5, 5.41) is 20.7. The maximum atomic E-state index is 12.7. The number of hydrogen-bond acceptors (Lipinski definition) is 11. The molecule has 12 nitrogen and oxygen atoms in total. The van der Waals surface area contributed by atoms with Crippen molar-refractivity contribution >= 4 is 25.5 Å². The molecule has 1 saturated carbocycles. The van der Waals surface area contributed by atoms with Crippen molar-refractivity contribution < 1.29 is 57.1 Å². The van der Waals surface area contributed by atoms with E-state index < -0.39 is 44.7 Å². The van der Waals surface area contributed by atoms with Gasteiger partial charge in [-0.2, -0.15) is 0 Å². The Kier molecular flexibility index (Phi) is 32.1. The number of ether oxygens (including phenoxy) is 2. The fourth-order valence-corrected chi connectivity index (χ4v) is 7.45. The Balaban J connectivity index is 2.50. The number of quaternary nitrogens is 1. The van der Waals surface area contributed by atoms with Gasteiger partial charge in [0, 0.05) is 31.1 Å². The molecule has 0 aromatic rings. The third kappa shape index (κ3) is 31.7. The average Bonchev–Trinajstić information content (AvgIpc) is 3.47. The summed E-state index contributed by atoms with van der Waals surface area (Å²) >= 11 is 0. The monoisotopic (exact) mass is 880 g/mol. The topological polar surface area (TPSA) is 169 Å². The number of aliphatic hydroxyl groups is 2. The number of rotatable bonds is 37. The van der Waals surface area contributed by atoms with E-state index in [-0.39, 0.29) is 50.1 Å². The van der Waals surface area contributed by atoms with Crippen LogP contribution in [0.25, 0.3) is 0 Å². The van der Waals surface area contributed by atoms with Crippen LogP contribution >= 0.6 is 7.82 Å². The lowest BCUT2D eigenvalue weighted by Gasteiger charge is -2.28. The van der Waals surface area contributed by atoms with Gasteiger partial charge in [-0.15, -0.1) is 0 Å². The van der Waals surface area contributed by atoms with E-state index in [4.69, 9.17) is 18.5 Å². The van der Waals surface area contributed by atoms with Crippen LogP contribution in [0.15, 0.2) is 60.8 Å². The lowest BCUT2D eigenvalue weighted by Crippen LogP contribution is -2.37. The fraction of sp³-hybridized carbons (Fsp3) is 0.729. The molecule has 350 valence electrons. The summed E-state index contributed by atoms with van der Waals surface area (Å²) in [7, 11) is 0.990. The number of allylic oxidation sites excluding steroid dienone is 8. The van der Waals surface area contributed by atoms with Crippen LogP contribution in [0.3, 0.4) is 0 Å². The maximum Gasteiger partial charge on any atom is 0.306 e. The number of Topliss-reactive ketones (excluding diaryl/α,β-unsaturated/α-hetero) is 1. The SMILES string of the molecule is CCCCC/C=C\C/C=C\C/C=C\C/C=C\CCCC(=O)O[C@H](COC(=O)CCCCCC[C@H]1C(=O)C[C@@H](O)[C@@H]1/C=C/[C@@H](O)CCCCC)COP(=O)([O-])OCC[N+](C)(C)C. The smallest absolute Gasteiger partial charge is 0.306 e. The van der Waals surface area contributed by atoms with E-state index in [0.29, 0.717) is 43.1 Å². The van der Waals surface area contributed by atoms with Crippen LogP contribution in [0.1, 0.15) is 149 Å². The fourth-order valence-electron chi connectivity index (χ4n) is 6.72. The number of likely N-dealkylation sites (N-methyl/N-ethyl adjacent to an activating group) is 1. The zero-order valence-corrected chi connectivity index (χ0v) is 39.2. The first-order valence-electron chi connectivity index (χ1n) is 23.1. The van der Waals surface area contributed by atoms with Gasteiger partial charge in [0.15, 0.2) is 6.10 Å². The van der Waals surface area contributed by atoms with Gasteiger partial charge in [-0.05, 0) is 64.2 Å². The van der Waals surface area contributed by atoms with Gasteiger partial charge in [0.1, 0.15) is 25.5 Å². The Bertz CT molecular complexity index is 1390. The number of hydrogen-bond donors (Lipinski definition) is 2. The predicted octanol–water partition coefficient (Wildman–Crippen LogP) is 9.20. The number of aliphatic hydroxyl groups excluding tert-OH is 2. The van der Waals surface area contributed by atoms with E-state index in [0.717, 1.165) is 64.2 Å². The molecule has 0 aromatic heterocycles. The quantitative estimate of drug-likeness (QED) is 0.0201. The Hall–Kier alpha value is -2.70. The molecule has 6 atom stereocenters. The van der Waals surface area contributed by atoms with E-state index in [2.05, 4.69) is 50.3 Å². The molecule has 61 heavy (non-hydrogen) atoms. The normalized spacial score (nSPS) is 19.5. The van der Waals surface area contributed by atoms with Gasteiger partial charge in [0.2, 0.25) is 0 Å². The molecule has 1 rings (SSSR count). The number of ketones is 1. The molecule has 2 N–H and O–H groups in total. The van der Waals surface area contributed by atoms with E-state index in [1.807, 2.05) is 39.4 Å². The van der Waals surface area contributed by atoms with Gasteiger partial charge >= 0.3 is 11.9 Å². The van der Waals surface area contributed by atoms with E-state index in [1.165, 1.54) is 19.3 Å². The van der Waals surface area contributed by atoms with Gasteiger partial charge in [-0.25, -0.2) is 0 Å². The highest BCUT2D eigenvalue weighted by Crippen LogP contribution is 2.38. The summed E-state index contributed by atoms with van der Waals surface area (Å²) in [6, 6.07) is 0. The number of esters is 2. The highest BCUT2D eigenvalue weighted by Gasteiger charge is 2.39. The molecular weight excluding hydrogens is 797 g/mol. The summed E-state index contributed by atoms with van der Waals surface area (Å²) < 4.78 is 33.8. The minimum Gasteiger partial charge on any atom is -0.756 e. The summed E-state index contributed by atoms with van der Waals surface area (Å²) in [4.78, 5) is 50.4. The number of carbonyl (C=O) groups excluding carboxylic acids is 3. The molecule has 1 fully saturated rings. The van der Waals surface area contributed by atoms with Crippen molar-refractivity contribution in [2.24, 2.45) is 11.8 Å². The van der Waals surface area contributed by atoms with Crippen molar-refractivity contribution in [3.8, 4) is 0 Å². The summed E-state index contributed by atoms with van der Waals surface area (Å²) in [6.45, 7) is 3.75. The number of unbranched alkanes of at least 4 members (excludes halogenated alkanes) is 9. The zero-order valence-electron chi connectivity index (χ0n) is 38.3. The molecule has 1 unspecified atom stereocenters. The molecular formula is C48H82NO11P. The summed E-state index contributed by atoms with van der Waals surface area (Å²) in [5.74, 6) is -1.61. The first-order chi connectivity index (χ1) is 29.2. The molecule has 0 amide bonds. The highest BCUT2D eigenvalue weighted by molar-refractivity contribution is 7.45. The van der Waals surface area contributed by atoms with Gasteiger partial charge in [-0.3, -0.25) is 18.9 Å². The predicted molar refractivity (Wildman–Crippen MR) is 241 cm³/mol. The second-order valence-corrected chi connectivity index (χ2v) is 18.6. The molecule has 0 spiro atoms. The molecule has 0 aliphatic heterocycles. The third-order valence-electron chi connectivity index (χ3n) is 10.4. The van der Waals surface area contributed by atoms with Crippen LogP contribution in [0.5, 0.6) is 0 Å². The summed E-state index contributed by atoms with van der Waals surface area (Å²) in [5.41, 5.74) is 0. The Morgan fingerprint density at radius 3 is 2.02 bits per heavy atom. The maximum absolute atomic E-state index is 12.7. The van der Waals surface area contributed by atoms with Crippen LogP contribution in [-0.4, -0.2) is 98.2 Å². The van der Waals surface area contributed by atoms with E-state index in [1.54, 1.807) is 6.08 Å². The first kappa shape index (κ1) is 56.3. The number of nitrogens with zero attached hydrogens (tertiary/aromatic N) is 1. The number of carbonyl (C=O) groups is 3. The van der Waals surface area contributed by atoms with Crippen molar-refractivity contribution in [1.29, 1.82) is 0 Å². The second-order valence-electron chi connectivity index (χ2n) is 17.2.